The molecule has 104 valence electrons. The molecule has 0 saturated carbocycles. The van der Waals surface area contributed by atoms with Crippen molar-refractivity contribution in [3.8, 4) is 5.75 Å². The zero-order chi connectivity index (χ0) is 14.5. The van der Waals surface area contributed by atoms with Gasteiger partial charge >= 0.3 is 0 Å². The van der Waals surface area contributed by atoms with Crippen molar-refractivity contribution in [2.24, 2.45) is 5.11 Å². The van der Waals surface area contributed by atoms with Crippen LogP contribution in [0.3, 0.4) is 0 Å². The van der Waals surface area contributed by atoms with Crippen LogP contribution >= 0.6 is 0 Å². The number of nitrogens with zero attached hydrogens (tertiary/aromatic N) is 3. The molecule has 0 amide bonds. The predicted octanol–water partition coefficient (Wildman–Crippen LogP) is 4.92. The molecule has 0 aromatic heterocycles. The number of hydrogen-bond acceptors (Lipinski definition) is 2. The zero-order valence-electron chi connectivity index (χ0n) is 12.5. The van der Waals surface area contributed by atoms with E-state index in [0.717, 1.165) is 17.7 Å². The Morgan fingerprint density at radius 2 is 1.79 bits per heavy atom. The van der Waals surface area contributed by atoms with Gasteiger partial charge in [-0.1, -0.05) is 38.0 Å². The second-order valence-corrected chi connectivity index (χ2v) is 10.9. The highest BCUT2D eigenvalue weighted by Gasteiger charge is 2.38. The minimum absolute atomic E-state index is 0.202. The molecule has 5 heteroatoms. The fourth-order valence-electron chi connectivity index (χ4n) is 1.40. The van der Waals surface area contributed by atoms with Crippen LogP contribution < -0.4 is 4.43 Å². The lowest BCUT2D eigenvalue weighted by atomic mass is 10.1. The smallest absolute Gasteiger partial charge is 0.250 e. The van der Waals surface area contributed by atoms with Gasteiger partial charge in [0.25, 0.3) is 0 Å². The van der Waals surface area contributed by atoms with Crippen molar-refractivity contribution in [3.05, 3.63) is 40.3 Å². The molecule has 0 bridgehead atoms. The number of rotatable bonds is 5. The Balaban J connectivity index is 2.69. The van der Waals surface area contributed by atoms with E-state index < -0.39 is 8.32 Å². The van der Waals surface area contributed by atoms with Crippen LogP contribution in [0.15, 0.2) is 29.4 Å². The van der Waals surface area contributed by atoms with Crippen LogP contribution in [-0.2, 0) is 6.42 Å². The molecule has 19 heavy (non-hydrogen) atoms. The van der Waals surface area contributed by atoms with Crippen molar-refractivity contribution >= 4 is 8.32 Å². The maximum Gasteiger partial charge on any atom is 0.250 e. The number of benzene rings is 1. The SMILES string of the molecule is CC(C)(C)[Si](C)(C)Oc1ccc(CCN=[N+]=[N-])cc1. The first-order chi connectivity index (χ1) is 8.76. The summed E-state index contributed by atoms with van der Waals surface area (Å²) in [6.45, 7) is 11.7. The maximum absolute atomic E-state index is 8.24. The minimum Gasteiger partial charge on any atom is -0.544 e. The van der Waals surface area contributed by atoms with Gasteiger partial charge in [-0.3, -0.25) is 0 Å². The molecule has 0 fully saturated rings. The summed E-state index contributed by atoms with van der Waals surface area (Å²) in [5.74, 6) is 0.930. The third-order valence-corrected chi connectivity index (χ3v) is 8.02. The highest BCUT2D eigenvalue weighted by molar-refractivity contribution is 6.74. The lowest BCUT2D eigenvalue weighted by Gasteiger charge is -2.36. The second-order valence-electron chi connectivity index (χ2n) is 6.21. The van der Waals surface area contributed by atoms with Crippen LogP contribution in [0.25, 0.3) is 10.4 Å². The van der Waals surface area contributed by atoms with Crippen LogP contribution in [0.4, 0.5) is 0 Å². The highest BCUT2D eigenvalue weighted by Crippen LogP contribution is 2.37. The summed E-state index contributed by atoms with van der Waals surface area (Å²) < 4.78 is 6.20. The molecule has 1 aromatic carbocycles. The maximum atomic E-state index is 8.24. The number of hydrogen-bond donors (Lipinski definition) is 0. The predicted molar refractivity (Wildman–Crippen MR) is 82.0 cm³/mol. The van der Waals surface area contributed by atoms with Gasteiger partial charge in [-0.05, 0) is 47.8 Å². The average Bonchev–Trinajstić information content (AvgIpc) is 2.30. The largest absolute Gasteiger partial charge is 0.544 e. The second kappa shape index (κ2) is 6.13. The summed E-state index contributed by atoms with van der Waals surface area (Å²) in [6, 6.07) is 8.09. The summed E-state index contributed by atoms with van der Waals surface area (Å²) in [4.78, 5) is 2.75. The van der Waals surface area contributed by atoms with Crippen LogP contribution in [0, 0.1) is 0 Å². The van der Waals surface area contributed by atoms with Gasteiger partial charge in [0.15, 0.2) is 0 Å². The summed E-state index contributed by atoms with van der Waals surface area (Å²) >= 11 is 0. The van der Waals surface area contributed by atoms with E-state index in [1.807, 2.05) is 24.3 Å². The first-order valence-corrected chi connectivity index (χ1v) is 9.46. The Labute approximate surface area is 116 Å². The zero-order valence-corrected chi connectivity index (χ0v) is 13.5. The van der Waals surface area contributed by atoms with Crippen molar-refractivity contribution in [1.29, 1.82) is 0 Å². The average molecular weight is 277 g/mol. The van der Waals surface area contributed by atoms with Gasteiger partial charge in [0.1, 0.15) is 5.75 Å². The fraction of sp³-hybridized carbons (Fsp3) is 0.571. The summed E-state index contributed by atoms with van der Waals surface area (Å²) in [6.07, 6.45) is 0.768. The molecule has 1 aromatic rings. The van der Waals surface area contributed by atoms with Gasteiger partial charge in [0.2, 0.25) is 8.32 Å². The quantitative estimate of drug-likeness (QED) is 0.326. The Bertz CT molecular complexity index is 457. The normalized spacial score (nSPS) is 11.8. The van der Waals surface area contributed by atoms with E-state index in [0.29, 0.717) is 6.54 Å². The molecule has 0 aliphatic rings. The first kappa shape index (κ1) is 15.6. The van der Waals surface area contributed by atoms with E-state index in [9.17, 15) is 0 Å². The van der Waals surface area contributed by atoms with E-state index in [2.05, 4.69) is 43.9 Å². The van der Waals surface area contributed by atoms with Gasteiger partial charge in [0, 0.05) is 11.5 Å². The molecule has 0 aliphatic heterocycles. The summed E-state index contributed by atoms with van der Waals surface area (Å²) in [5, 5.41) is 3.74. The van der Waals surface area contributed by atoms with Gasteiger partial charge in [-0.25, -0.2) is 0 Å². The Kier molecular flexibility index (Phi) is 5.03. The van der Waals surface area contributed by atoms with E-state index >= 15 is 0 Å². The molecule has 0 atom stereocenters. The van der Waals surface area contributed by atoms with E-state index in [4.69, 9.17) is 9.96 Å². The lowest BCUT2D eigenvalue weighted by molar-refractivity contribution is 0.492. The van der Waals surface area contributed by atoms with E-state index in [-0.39, 0.29) is 5.04 Å². The van der Waals surface area contributed by atoms with E-state index in [1.165, 1.54) is 0 Å². The molecule has 0 N–H and O–H groups in total. The Morgan fingerprint density at radius 1 is 1.21 bits per heavy atom. The Morgan fingerprint density at radius 3 is 2.26 bits per heavy atom. The van der Waals surface area contributed by atoms with Crippen molar-refractivity contribution in [2.75, 3.05) is 6.54 Å². The molecule has 4 nitrogen and oxygen atoms in total. The highest BCUT2D eigenvalue weighted by atomic mass is 28.4. The van der Waals surface area contributed by atoms with Gasteiger partial charge in [0.05, 0.1) is 0 Å². The minimum atomic E-state index is -1.76. The van der Waals surface area contributed by atoms with Crippen molar-refractivity contribution in [1.82, 2.24) is 0 Å². The molecule has 0 spiro atoms. The monoisotopic (exact) mass is 277 g/mol. The van der Waals surface area contributed by atoms with Crippen LogP contribution in [0.2, 0.25) is 18.1 Å². The third-order valence-electron chi connectivity index (χ3n) is 3.67. The standard InChI is InChI=1S/C14H23N3OSi/c1-14(2,3)19(4,5)18-13-8-6-12(7-9-13)10-11-16-17-15/h6-9H,10-11H2,1-5H3. The van der Waals surface area contributed by atoms with Crippen molar-refractivity contribution < 1.29 is 4.43 Å². The molecule has 0 radical (unpaired) electrons. The molecular weight excluding hydrogens is 254 g/mol. The molecule has 0 heterocycles. The van der Waals surface area contributed by atoms with E-state index in [1.54, 1.807) is 0 Å². The van der Waals surface area contributed by atoms with Crippen molar-refractivity contribution in [3.63, 3.8) is 0 Å². The van der Waals surface area contributed by atoms with Gasteiger partial charge < -0.3 is 4.43 Å². The van der Waals surface area contributed by atoms with Gasteiger partial charge in [-0.2, -0.15) is 0 Å². The van der Waals surface area contributed by atoms with Gasteiger partial charge in [-0.15, -0.1) is 0 Å². The Hall–Kier alpha value is -1.45. The van der Waals surface area contributed by atoms with Crippen LogP contribution in [-0.4, -0.2) is 14.9 Å². The van der Waals surface area contributed by atoms with Crippen LogP contribution in [0.1, 0.15) is 26.3 Å². The number of azide groups is 1. The summed E-state index contributed by atoms with van der Waals surface area (Å²) in [7, 11) is -1.76. The third kappa shape index (κ3) is 4.61. The first-order valence-electron chi connectivity index (χ1n) is 6.55. The molecule has 1 rings (SSSR count). The molecule has 0 unspecified atom stereocenters. The topological polar surface area (TPSA) is 58.0 Å². The fourth-order valence-corrected chi connectivity index (χ4v) is 2.43. The van der Waals surface area contributed by atoms with Crippen LogP contribution in [0.5, 0.6) is 5.75 Å². The molecule has 0 aliphatic carbocycles. The summed E-state index contributed by atoms with van der Waals surface area (Å²) in [5.41, 5.74) is 9.40. The van der Waals surface area contributed by atoms with Crippen molar-refractivity contribution in [2.45, 2.75) is 45.3 Å². The molecular formula is C14H23N3OSi. The molecule has 0 saturated heterocycles. The lowest BCUT2D eigenvalue weighted by Crippen LogP contribution is -2.43.